The van der Waals surface area contributed by atoms with Gasteiger partial charge in [-0.3, -0.25) is 4.99 Å². The van der Waals surface area contributed by atoms with Crippen LogP contribution >= 0.6 is 24.0 Å². The predicted molar refractivity (Wildman–Crippen MR) is 122 cm³/mol. The Morgan fingerprint density at radius 3 is 2.46 bits per heavy atom. The molecule has 1 aliphatic heterocycles. The second kappa shape index (κ2) is 13.2. The molecule has 1 unspecified atom stereocenters. The molecule has 0 spiro atoms. The molecular weight excluding hydrogens is 439 g/mol. The van der Waals surface area contributed by atoms with E-state index in [1.807, 2.05) is 0 Å². The molecule has 2 N–H and O–H groups in total. The van der Waals surface area contributed by atoms with E-state index in [1.54, 1.807) is 7.11 Å². The van der Waals surface area contributed by atoms with Gasteiger partial charge in [0.2, 0.25) is 0 Å². The van der Waals surface area contributed by atoms with E-state index in [0.29, 0.717) is 11.3 Å². The summed E-state index contributed by atoms with van der Waals surface area (Å²) < 4.78 is 5.29. The molecule has 0 bridgehead atoms. The molecule has 0 aromatic heterocycles. The van der Waals surface area contributed by atoms with Gasteiger partial charge in [0.15, 0.2) is 5.96 Å². The Labute approximate surface area is 178 Å². The molecule has 1 saturated heterocycles. The Bertz CT molecular complexity index is 395. The second-order valence-electron chi connectivity index (χ2n) is 8.14. The number of nitrogens with one attached hydrogen (secondary N) is 2. The highest BCUT2D eigenvalue weighted by atomic mass is 127. The van der Waals surface area contributed by atoms with Crippen LogP contribution in [0.3, 0.4) is 0 Å². The van der Waals surface area contributed by atoms with Crippen LogP contribution in [0.25, 0.3) is 0 Å². The van der Waals surface area contributed by atoms with Gasteiger partial charge < -0.3 is 20.3 Å². The Morgan fingerprint density at radius 2 is 1.88 bits per heavy atom. The third-order valence-corrected chi connectivity index (χ3v) is 5.80. The van der Waals surface area contributed by atoms with Crippen LogP contribution in [-0.4, -0.2) is 63.8 Å². The van der Waals surface area contributed by atoms with Crippen LogP contribution in [-0.2, 0) is 4.74 Å². The van der Waals surface area contributed by atoms with Gasteiger partial charge in [-0.25, -0.2) is 0 Å². The quantitative estimate of drug-likeness (QED) is 0.286. The van der Waals surface area contributed by atoms with E-state index in [2.05, 4.69) is 29.4 Å². The lowest BCUT2D eigenvalue weighted by Crippen LogP contribution is -2.43. The maximum Gasteiger partial charge on any atom is 0.191 e. The lowest BCUT2D eigenvalue weighted by molar-refractivity contribution is 0.0778. The van der Waals surface area contributed by atoms with Crippen molar-refractivity contribution in [3.63, 3.8) is 0 Å². The largest absolute Gasteiger partial charge is 0.385 e. The van der Waals surface area contributed by atoms with Gasteiger partial charge in [0.05, 0.1) is 0 Å². The van der Waals surface area contributed by atoms with E-state index in [0.717, 1.165) is 38.6 Å². The van der Waals surface area contributed by atoms with Gasteiger partial charge in [-0.1, -0.05) is 19.8 Å². The third-order valence-electron chi connectivity index (χ3n) is 5.80. The molecule has 6 heteroatoms. The van der Waals surface area contributed by atoms with Gasteiger partial charge in [-0.15, -0.1) is 24.0 Å². The number of likely N-dealkylation sites (tertiary alicyclic amines) is 1. The summed E-state index contributed by atoms with van der Waals surface area (Å²) >= 11 is 0. The number of methoxy groups -OCH3 is 1. The van der Waals surface area contributed by atoms with Crippen LogP contribution in [0.1, 0.15) is 58.8 Å². The lowest BCUT2D eigenvalue weighted by Gasteiger charge is -2.40. The first-order valence-electron chi connectivity index (χ1n) is 10.4. The molecule has 154 valence electrons. The summed E-state index contributed by atoms with van der Waals surface area (Å²) in [5.41, 5.74) is 0.387. The molecule has 0 aromatic rings. The zero-order chi connectivity index (χ0) is 18.0. The number of rotatable bonds is 10. The zero-order valence-electron chi connectivity index (χ0n) is 17.2. The standard InChI is InChI=1S/C20H40N4O.HI/c1-4-21-19(23-17-20(9-8-10-20)11-14-25-3)22-15-18(2)16-24-12-6-5-7-13-24;/h18H,4-17H2,1-3H3,(H2,21,22,23);1H. The predicted octanol–water partition coefficient (Wildman–Crippen LogP) is 3.49. The molecule has 0 amide bonds. The highest BCUT2D eigenvalue weighted by Gasteiger charge is 2.36. The molecule has 2 fully saturated rings. The minimum atomic E-state index is 0. The van der Waals surface area contributed by atoms with Gasteiger partial charge in [0.25, 0.3) is 0 Å². The van der Waals surface area contributed by atoms with Gasteiger partial charge in [0, 0.05) is 39.9 Å². The van der Waals surface area contributed by atoms with Crippen molar-refractivity contribution in [1.29, 1.82) is 0 Å². The number of aliphatic imine (C=N–C) groups is 1. The summed E-state index contributed by atoms with van der Waals surface area (Å²) in [5, 5.41) is 6.98. The average molecular weight is 480 g/mol. The smallest absolute Gasteiger partial charge is 0.191 e. The highest BCUT2D eigenvalue weighted by Crippen LogP contribution is 2.44. The Hall–Kier alpha value is -0.0800. The lowest BCUT2D eigenvalue weighted by atomic mass is 9.67. The monoisotopic (exact) mass is 480 g/mol. The first-order chi connectivity index (χ1) is 12.2. The van der Waals surface area contributed by atoms with Gasteiger partial charge in [-0.2, -0.15) is 0 Å². The summed E-state index contributed by atoms with van der Waals surface area (Å²) in [6.07, 6.45) is 9.22. The van der Waals surface area contributed by atoms with Crippen molar-refractivity contribution in [2.75, 3.05) is 53.0 Å². The number of halogens is 1. The fourth-order valence-corrected chi connectivity index (χ4v) is 3.99. The Balaban J connectivity index is 0.00000338. The minimum Gasteiger partial charge on any atom is -0.385 e. The van der Waals surface area contributed by atoms with E-state index in [-0.39, 0.29) is 24.0 Å². The first kappa shape index (κ1) is 24.0. The summed E-state index contributed by atoms with van der Waals surface area (Å²) in [4.78, 5) is 7.52. The molecular formula is C20H41IN4O. The number of hydrogen-bond acceptors (Lipinski definition) is 3. The van der Waals surface area contributed by atoms with Crippen molar-refractivity contribution < 1.29 is 4.74 Å². The molecule has 1 heterocycles. The molecule has 2 rings (SSSR count). The van der Waals surface area contributed by atoms with Crippen molar-refractivity contribution in [3.05, 3.63) is 0 Å². The molecule has 0 radical (unpaired) electrons. The van der Waals surface area contributed by atoms with Crippen LogP contribution in [0.2, 0.25) is 0 Å². The van der Waals surface area contributed by atoms with E-state index >= 15 is 0 Å². The fourth-order valence-electron chi connectivity index (χ4n) is 3.99. The number of piperidine rings is 1. The zero-order valence-corrected chi connectivity index (χ0v) is 19.5. The summed E-state index contributed by atoms with van der Waals surface area (Å²) in [6.45, 7) is 11.9. The van der Waals surface area contributed by atoms with Crippen LogP contribution in [0.5, 0.6) is 0 Å². The maximum absolute atomic E-state index is 5.29. The number of hydrogen-bond donors (Lipinski definition) is 2. The van der Waals surface area contributed by atoms with Gasteiger partial charge >= 0.3 is 0 Å². The third kappa shape index (κ3) is 8.30. The van der Waals surface area contributed by atoms with E-state index in [4.69, 9.17) is 9.73 Å². The number of guanidine groups is 1. The SMILES string of the molecule is CCNC(=NCC1(CCOC)CCC1)NCC(C)CN1CCCCC1.I. The maximum atomic E-state index is 5.29. The molecule has 26 heavy (non-hydrogen) atoms. The normalized spacial score (nSPS) is 21.4. The van der Waals surface area contributed by atoms with Crippen molar-refractivity contribution in [3.8, 4) is 0 Å². The van der Waals surface area contributed by atoms with Crippen LogP contribution in [0.4, 0.5) is 0 Å². The second-order valence-corrected chi connectivity index (χ2v) is 8.14. The fraction of sp³-hybridized carbons (Fsp3) is 0.950. The Kier molecular flexibility index (Phi) is 12.1. The van der Waals surface area contributed by atoms with E-state index in [9.17, 15) is 0 Å². The van der Waals surface area contributed by atoms with Crippen molar-refractivity contribution in [2.45, 2.75) is 58.8 Å². The molecule has 1 atom stereocenters. The van der Waals surface area contributed by atoms with Crippen LogP contribution < -0.4 is 10.6 Å². The topological polar surface area (TPSA) is 48.9 Å². The van der Waals surface area contributed by atoms with Crippen molar-refractivity contribution in [1.82, 2.24) is 15.5 Å². The van der Waals surface area contributed by atoms with Crippen LogP contribution in [0, 0.1) is 11.3 Å². The van der Waals surface area contributed by atoms with Gasteiger partial charge in [-0.05, 0) is 63.5 Å². The van der Waals surface area contributed by atoms with E-state index < -0.39 is 0 Å². The first-order valence-corrected chi connectivity index (χ1v) is 10.4. The van der Waals surface area contributed by atoms with E-state index in [1.165, 1.54) is 58.2 Å². The number of nitrogens with zero attached hydrogens (tertiary/aromatic N) is 2. The summed E-state index contributed by atoms with van der Waals surface area (Å²) in [5.74, 6) is 1.63. The van der Waals surface area contributed by atoms with Crippen molar-refractivity contribution >= 4 is 29.9 Å². The summed E-state index contributed by atoms with van der Waals surface area (Å²) in [6, 6.07) is 0. The van der Waals surface area contributed by atoms with Crippen LogP contribution in [0.15, 0.2) is 4.99 Å². The Morgan fingerprint density at radius 1 is 1.15 bits per heavy atom. The minimum absolute atomic E-state index is 0. The molecule has 5 nitrogen and oxygen atoms in total. The number of ether oxygens (including phenoxy) is 1. The molecule has 0 aromatic carbocycles. The van der Waals surface area contributed by atoms with Gasteiger partial charge in [0.1, 0.15) is 0 Å². The summed E-state index contributed by atoms with van der Waals surface area (Å²) in [7, 11) is 1.80. The molecule has 1 aliphatic carbocycles. The van der Waals surface area contributed by atoms with Crippen molar-refractivity contribution in [2.24, 2.45) is 16.3 Å². The molecule has 1 saturated carbocycles. The highest BCUT2D eigenvalue weighted by molar-refractivity contribution is 14.0. The average Bonchev–Trinajstić information content (AvgIpc) is 2.59. The molecule has 2 aliphatic rings.